The fourth-order valence-electron chi connectivity index (χ4n) is 0.953. The highest BCUT2D eigenvalue weighted by molar-refractivity contribution is 7.89. The molecule has 1 heterocycles. The Morgan fingerprint density at radius 3 is 2.81 bits per heavy atom. The van der Waals surface area contributed by atoms with E-state index in [0.717, 1.165) is 12.3 Å². The van der Waals surface area contributed by atoms with Gasteiger partial charge in [-0.3, -0.25) is 4.79 Å². The Morgan fingerprint density at radius 2 is 2.25 bits per heavy atom. The number of sulfonamides is 1. The molecule has 0 aliphatic heterocycles. The highest BCUT2D eigenvalue weighted by atomic mass is 32.2. The van der Waals surface area contributed by atoms with Crippen LogP contribution in [-0.2, 0) is 10.0 Å². The van der Waals surface area contributed by atoms with Gasteiger partial charge in [-0.25, -0.2) is 18.5 Å². The maximum Gasteiger partial charge on any atom is 0.251 e. The molecule has 0 aliphatic rings. The maximum atomic E-state index is 12.6. The number of halogens is 1. The summed E-state index contributed by atoms with van der Waals surface area (Å²) in [6.45, 7) is -0.123. The van der Waals surface area contributed by atoms with Gasteiger partial charge in [-0.15, -0.1) is 0 Å². The summed E-state index contributed by atoms with van der Waals surface area (Å²) < 4.78 is 33.8. The van der Waals surface area contributed by atoms with Gasteiger partial charge in [0.1, 0.15) is 0 Å². The van der Waals surface area contributed by atoms with Gasteiger partial charge in [-0.2, -0.15) is 4.39 Å². The van der Waals surface area contributed by atoms with Crippen molar-refractivity contribution in [3.05, 3.63) is 29.8 Å². The number of pyridine rings is 1. The van der Waals surface area contributed by atoms with Crippen molar-refractivity contribution in [1.29, 1.82) is 0 Å². The number of aromatic nitrogens is 1. The van der Waals surface area contributed by atoms with Gasteiger partial charge in [0.2, 0.25) is 16.0 Å². The monoisotopic (exact) mass is 247 g/mol. The fourth-order valence-corrected chi connectivity index (χ4v) is 1.34. The van der Waals surface area contributed by atoms with Crippen molar-refractivity contribution in [2.24, 2.45) is 5.14 Å². The first-order valence-electron chi connectivity index (χ1n) is 4.29. The minimum atomic E-state index is -3.61. The van der Waals surface area contributed by atoms with Crippen molar-refractivity contribution in [3.8, 4) is 0 Å². The average molecular weight is 247 g/mol. The Hall–Kier alpha value is -1.54. The predicted octanol–water partition coefficient (Wildman–Crippen LogP) is -0.761. The van der Waals surface area contributed by atoms with Crippen molar-refractivity contribution < 1.29 is 17.6 Å². The molecule has 0 aliphatic carbocycles. The van der Waals surface area contributed by atoms with Crippen LogP contribution >= 0.6 is 0 Å². The topological polar surface area (TPSA) is 102 Å². The summed E-state index contributed by atoms with van der Waals surface area (Å²) >= 11 is 0. The van der Waals surface area contributed by atoms with E-state index >= 15 is 0 Å². The van der Waals surface area contributed by atoms with Crippen molar-refractivity contribution in [1.82, 2.24) is 10.3 Å². The number of nitrogens with zero attached hydrogens (tertiary/aromatic N) is 1. The molecule has 0 saturated heterocycles. The van der Waals surface area contributed by atoms with E-state index in [0.29, 0.717) is 0 Å². The van der Waals surface area contributed by atoms with E-state index < -0.39 is 21.9 Å². The molecule has 0 aromatic carbocycles. The Balaban J connectivity index is 2.54. The fraction of sp³-hybridized carbons (Fsp3) is 0.250. The number of carbonyl (C=O) groups is 1. The first-order chi connectivity index (χ1) is 7.38. The number of amides is 1. The molecular formula is C8H10FN3O3S. The zero-order chi connectivity index (χ0) is 12.2. The van der Waals surface area contributed by atoms with E-state index in [4.69, 9.17) is 5.14 Å². The predicted molar refractivity (Wildman–Crippen MR) is 54.5 cm³/mol. The summed E-state index contributed by atoms with van der Waals surface area (Å²) in [7, 11) is -3.61. The van der Waals surface area contributed by atoms with Gasteiger partial charge >= 0.3 is 0 Å². The molecule has 0 radical (unpaired) electrons. The van der Waals surface area contributed by atoms with Crippen molar-refractivity contribution in [3.63, 3.8) is 0 Å². The number of carbonyl (C=O) groups excluding carboxylic acids is 1. The molecule has 1 aromatic rings. The van der Waals surface area contributed by atoms with Crippen LogP contribution in [0.5, 0.6) is 0 Å². The molecule has 0 saturated carbocycles. The lowest BCUT2D eigenvalue weighted by atomic mass is 10.2. The van der Waals surface area contributed by atoms with E-state index in [1.54, 1.807) is 0 Å². The highest BCUT2D eigenvalue weighted by Crippen LogP contribution is 1.99. The van der Waals surface area contributed by atoms with Crippen molar-refractivity contribution in [2.45, 2.75) is 0 Å². The summed E-state index contributed by atoms with van der Waals surface area (Å²) in [6.07, 6.45) is 1.14. The largest absolute Gasteiger partial charge is 0.351 e. The van der Waals surface area contributed by atoms with Crippen LogP contribution in [0.15, 0.2) is 18.3 Å². The van der Waals surface area contributed by atoms with E-state index in [9.17, 15) is 17.6 Å². The molecule has 8 heteroatoms. The highest BCUT2D eigenvalue weighted by Gasteiger charge is 2.08. The van der Waals surface area contributed by atoms with Gasteiger partial charge in [0.05, 0.1) is 5.75 Å². The van der Waals surface area contributed by atoms with Crippen molar-refractivity contribution >= 4 is 15.9 Å². The van der Waals surface area contributed by atoms with Crippen LogP contribution < -0.4 is 10.5 Å². The van der Waals surface area contributed by atoms with Crippen LogP contribution in [0.25, 0.3) is 0 Å². The number of rotatable bonds is 4. The van der Waals surface area contributed by atoms with Crippen molar-refractivity contribution in [2.75, 3.05) is 12.3 Å². The third-order valence-electron chi connectivity index (χ3n) is 1.66. The Morgan fingerprint density at radius 1 is 1.56 bits per heavy atom. The van der Waals surface area contributed by atoms with E-state index in [-0.39, 0.29) is 17.9 Å². The number of nitrogens with one attached hydrogen (secondary N) is 1. The standard InChI is InChI=1S/C8H10FN3O3S/c9-7-5-6(1-2-11-7)8(13)12-3-4-16(10,14)15/h1-2,5H,3-4H2,(H,12,13)(H2,10,14,15). The summed E-state index contributed by atoms with van der Waals surface area (Å²) in [5.74, 6) is -1.73. The zero-order valence-electron chi connectivity index (χ0n) is 8.18. The minimum Gasteiger partial charge on any atom is -0.351 e. The molecule has 6 nitrogen and oxygen atoms in total. The first-order valence-corrected chi connectivity index (χ1v) is 6.00. The Labute approximate surface area is 91.7 Å². The second-order valence-electron chi connectivity index (χ2n) is 2.99. The number of hydrogen-bond acceptors (Lipinski definition) is 4. The van der Waals surface area contributed by atoms with Crippen LogP contribution in [0.1, 0.15) is 10.4 Å². The molecule has 1 rings (SSSR count). The van der Waals surface area contributed by atoms with Gasteiger partial charge in [0, 0.05) is 24.4 Å². The molecule has 0 fully saturated rings. The van der Waals surface area contributed by atoms with Gasteiger partial charge in [0.15, 0.2) is 0 Å². The molecule has 1 aromatic heterocycles. The van der Waals surface area contributed by atoms with Crippen LogP contribution in [0.2, 0.25) is 0 Å². The van der Waals surface area contributed by atoms with Gasteiger partial charge < -0.3 is 5.32 Å². The lowest BCUT2D eigenvalue weighted by Gasteiger charge is -2.03. The smallest absolute Gasteiger partial charge is 0.251 e. The Kier molecular flexibility index (Phi) is 3.91. The normalized spacial score (nSPS) is 11.1. The minimum absolute atomic E-state index is 0.0712. The third kappa shape index (κ3) is 4.32. The molecule has 0 unspecified atom stereocenters. The lowest BCUT2D eigenvalue weighted by molar-refractivity contribution is 0.0955. The van der Waals surface area contributed by atoms with E-state index in [2.05, 4.69) is 10.3 Å². The molecule has 16 heavy (non-hydrogen) atoms. The Bertz CT molecular complexity index is 489. The second kappa shape index (κ2) is 4.99. The number of hydrogen-bond donors (Lipinski definition) is 2. The summed E-state index contributed by atoms with van der Waals surface area (Å²) in [6, 6.07) is 2.27. The van der Waals surface area contributed by atoms with E-state index in [1.807, 2.05) is 0 Å². The molecule has 0 atom stereocenters. The third-order valence-corrected chi connectivity index (χ3v) is 2.43. The summed E-state index contributed by atoms with van der Waals surface area (Å²) in [5, 5.41) is 7.03. The second-order valence-corrected chi connectivity index (χ2v) is 4.72. The molecule has 0 spiro atoms. The van der Waals surface area contributed by atoms with Crippen LogP contribution in [0, 0.1) is 5.95 Å². The number of nitrogens with two attached hydrogens (primary N) is 1. The molecule has 0 bridgehead atoms. The number of primary sulfonamides is 1. The molecule has 1 amide bonds. The lowest BCUT2D eigenvalue weighted by Crippen LogP contribution is -2.31. The van der Waals surface area contributed by atoms with Crippen LogP contribution in [0.4, 0.5) is 4.39 Å². The van der Waals surface area contributed by atoms with Gasteiger partial charge in [0.25, 0.3) is 5.91 Å². The zero-order valence-corrected chi connectivity index (χ0v) is 9.00. The summed E-state index contributed by atoms with van der Waals surface area (Å²) in [4.78, 5) is 14.6. The maximum absolute atomic E-state index is 12.6. The molecule has 88 valence electrons. The molecule has 3 N–H and O–H groups in total. The first kappa shape index (κ1) is 12.5. The van der Waals surface area contributed by atoms with Crippen LogP contribution in [-0.4, -0.2) is 31.6 Å². The average Bonchev–Trinajstić information content (AvgIpc) is 2.15. The van der Waals surface area contributed by atoms with Gasteiger partial charge in [-0.05, 0) is 6.07 Å². The van der Waals surface area contributed by atoms with E-state index in [1.165, 1.54) is 6.07 Å². The molecular weight excluding hydrogens is 237 g/mol. The summed E-state index contributed by atoms with van der Waals surface area (Å²) in [5.41, 5.74) is 0.0712. The van der Waals surface area contributed by atoms with Gasteiger partial charge in [-0.1, -0.05) is 0 Å². The quantitative estimate of drug-likeness (QED) is 0.682. The SMILES string of the molecule is NS(=O)(=O)CCNC(=O)c1ccnc(F)c1. The van der Waals surface area contributed by atoms with Crippen LogP contribution in [0.3, 0.4) is 0 Å².